The Hall–Kier alpha value is -2.13. The van der Waals surface area contributed by atoms with E-state index in [0.29, 0.717) is 13.1 Å². The van der Waals surface area contributed by atoms with E-state index >= 15 is 0 Å². The van der Waals surface area contributed by atoms with Gasteiger partial charge in [0.2, 0.25) is 10.0 Å². The number of hydrogen-bond acceptors (Lipinski definition) is 5. The molecule has 1 heterocycles. The second-order valence-corrected chi connectivity index (χ2v) is 9.08. The van der Waals surface area contributed by atoms with Gasteiger partial charge in [0.1, 0.15) is 10.6 Å². The predicted molar refractivity (Wildman–Crippen MR) is 99.4 cm³/mol. The van der Waals surface area contributed by atoms with Crippen molar-refractivity contribution in [1.82, 2.24) is 9.62 Å². The van der Waals surface area contributed by atoms with Crippen molar-refractivity contribution in [3.05, 3.63) is 23.8 Å². The maximum Gasteiger partial charge on any atom is 0.309 e. The van der Waals surface area contributed by atoms with Crippen LogP contribution in [0.2, 0.25) is 0 Å². The van der Waals surface area contributed by atoms with Gasteiger partial charge in [0, 0.05) is 25.2 Å². The predicted octanol–water partition coefficient (Wildman–Crippen LogP) is 1.71. The van der Waals surface area contributed by atoms with E-state index in [1.165, 1.54) is 29.6 Å². The molecule has 1 saturated heterocycles. The minimum Gasteiger partial charge on any atom is -0.495 e. The van der Waals surface area contributed by atoms with Crippen molar-refractivity contribution in [3.8, 4) is 5.75 Å². The van der Waals surface area contributed by atoms with E-state index in [2.05, 4.69) is 5.32 Å². The number of rotatable bonds is 8. The highest BCUT2D eigenvalue weighted by molar-refractivity contribution is 7.89. The van der Waals surface area contributed by atoms with Crippen LogP contribution in [0.15, 0.2) is 23.1 Å². The molecule has 1 fully saturated rings. The zero-order valence-corrected chi connectivity index (χ0v) is 16.6. The molecule has 0 spiro atoms. The molecule has 1 aliphatic heterocycles. The highest BCUT2D eigenvalue weighted by Gasteiger charge is 2.31. The van der Waals surface area contributed by atoms with E-state index < -0.39 is 27.3 Å². The fourth-order valence-electron chi connectivity index (χ4n) is 2.78. The SMILES string of the molecule is COc1ccc(C(=O)NCCC(C)(C)C(=O)O)cc1S(=O)(=O)N1CCCC1. The monoisotopic (exact) mass is 398 g/mol. The van der Waals surface area contributed by atoms with Crippen molar-refractivity contribution in [2.24, 2.45) is 5.41 Å². The number of carboxylic acids is 1. The highest BCUT2D eigenvalue weighted by Crippen LogP contribution is 2.30. The lowest BCUT2D eigenvalue weighted by atomic mass is 9.90. The third kappa shape index (κ3) is 4.78. The average Bonchev–Trinajstić information content (AvgIpc) is 3.16. The number of nitrogens with zero attached hydrogens (tertiary/aromatic N) is 1. The Morgan fingerprint density at radius 3 is 2.44 bits per heavy atom. The van der Waals surface area contributed by atoms with Crippen LogP contribution in [0.4, 0.5) is 0 Å². The molecular formula is C18H26N2O6S. The van der Waals surface area contributed by atoms with Crippen molar-refractivity contribution < 1.29 is 27.9 Å². The topological polar surface area (TPSA) is 113 Å². The summed E-state index contributed by atoms with van der Waals surface area (Å²) in [5.41, 5.74) is -0.779. The molecule has 2 rings (SSSR count). The molecule has 0 unspecified atom stereocenters. The van der Waals surface area contributed by atoms with Crippen LogP contribution in [-0.4, -0.2) is 56.5 Å². The number of carboxylic acid groups (broad SMARTS) is 1. The smallest absolute Gasteiger partial charge is 0.309 e. The molecule has 1 aliphatic rings. The number of sulfonamides is 1. The van der Waals surface area contributed by atoms with Gasteiger partial charge in [0.25, 0.3) is 5.91 Å². The molecule has 1 amide bonds. The molecular weight excluding hydrogens is 372 g/mol. The summed E-state index contributed by atoms with van der Waals surface area (Å²) in [6.45, 7) is 4.22. The number of carbonyl (C=O) groups is 2. The summed E-state index contributed by atoms with van der Waals surface area (Å²) >= 11 is 0. The second kappa shape index (κ2) is 8.26. The largest absolute Gasteiger partial charge is 0.495 e. The summed E-state index contributed by atoms with van der Waals surface area (Å²) in [4.78, 5) is 23.5. The first-order valence-corrected chi connectivity index (χ1v) is 10.2. The third-order valence-corrected chi connectivity index (χ3v) is 6.64. The number of carbonyl (C=O) groups excluding carboxylic acids is 1. The quantitative estimate of drug-likeness (QED) is 0.689. The Morgan fingerprint density at radius 1 is 1.26 bits per heavy atom. The van der Waals surface area contributed by atoms with Crippen LogP contribution in [0.3, 0.4) is 0 Å². The summed E-state index contributed by atoms with van der Waals surface area (Å²) < 4.78 is 32.3. The van der Waals surface area contributed by atoms with Gasteiger partial charge in [0.05, 0.1) is 12.5 Å². The van der Waals surface area contributed by atoms with Crippen LogP contribution in [0.5, 0.6) is 5.75 Å². The lowest BCUT2D eigenvalue weighted by Gasteiger charge is -2.19. The first-order valence-electron chi connectivity index (χ1n) is 8.79. The fraction of sp³-hybridized carbons (Fsp3) is 0.556. The van der Waals surface area contributed by atoms with Gasteiger partial charge in [-0.15, -0.1) is 0 Å². The van der Waals surface area contributed by atoms with E-state index in [1.807, 2.05) is 0 Å². The lowest BCUT2D eigenvalue weighted by molar-refractivity contribution is -0.147. The van der Waals surface area contributed by atoms with Gasteiger partial charge < -0.3 is 15.2 Å². The van der Waals surface area contributed by atoms with E-state index in [1.54, 1.807) is 13.8 Å². The van der Waals surface area contributed by atoms with E-state index in [9.17, 15) is 18.0 Å². The molecule has 9 heteroatoms. The van der Waals surface area contributed by atoms with Gasteiger partial charge in [-0.05, 0) is 51.3 Å². The number of nitrogens with one attached hydrogen (secondary N) is 1. The molecule has 1 aromatic carbocycles. The Bertz CT molecular complexity index is 813. The number of hydrogen-bond donors (Lipinski definition) is 2. The minimum absolute atomic E-state index is 0.0367. The summed E-state index contributed by atoms with van der Waals surface area (Å²) in [7, 11) is -2.36. The van der Waals surface area contributed by atoms with Gasteiger partial charge in [0.15, 0.2) is 0 Å². The van der Waals surface area contributed by atoms with Crippen LogP contribution in [0.1, 0.15) is 43.5 Å². The molecule has 0 aromatic heterocycles. The summed E-state index contributed by atoms with van der Waals surface area (Å²) in [5.74, 6) is -1.22. The molecule has 150 valence electrons. The number of amides is 1. The number of ether oxygens (including phenoxy) is 1. The fourth-order valence-corrected chi connectivity index (χ4v) is 4.48. The molecule has 27 heavy (non-hydrogen) atoms. The van der Waals surface area contributed by atoms with Crippen LogP contribution < -0.4 is 10.1 Å². The van der Waals surface area contributed by atoms with E-state index in [0.717, 1.165) is 12.8 Å². The minimum atomic E-state index is -3.74. The van der Waals surface area contributed by atoms with Gasteiger partial charge >= 0.3 is 5.97 Å². The molecule has 0 atom stereocenters. The first-order chi connectivity index (χ1) is 12.6. The lowest BCUT2D eigenvalue weighted by Crippen LogP contribution is -2.32. The van der Waals surface area contributed by atoms with Crippen LogP contribution >= 0.6 is 0 Å². The van der Waals surface area contributed by atoms with Crippen molar-refractivity contribution in [2.45, 2.75) is 38.0 Å². The van der Waals surface area contributed by atoms with Crippen LogP contribution in [0, 0.1) is 5.41 Å². The van der Waals surface area contributed by atoms with Crippen LogP contribution in [-0.2, 0) is 14.8 Å². The van der Waals surface area contributed by atoms with Gasteiger partial charge in [-0.1, -0.05) is 0 Å². The van der Waals surface area contributed by atoms with Crippen LogP contribution in [0.25, 0.3) is 0 Å². The van der Waals surface area contributed by atoms with Crippen molar-refractivity contribution >= 4 is 21.9 Å². The maximum absolute atomic E-state index is 12.9. The number of methoxy groups -OCH3 is 1. The molecule has 2 N–H and O–H groups in total. The van der Waals surface area contributed by atoms with Gasteiger partial charge in [-0.2, -0.15) is 4.31 Å². The molecule has 0 radical (unpaired) electrons. The second-order valence-electron chi connectivity index (χ2n) is 7.17. The van der Waals surface area contributed by atoms with Crippen molar-refractivity contribution in [3.63, 3.8) is 0 Å². The van der Waals surface area contributed by atoms with E-state index in [-0.39, 0.29) is 29.2 Å². The standard InChI is InChI=1S/C18H26N2O6S/c1-18(2,17(22)23)8-9-19-16(21)13-6-7-14(26-3)15(12-13)27(24,25)20-10-4-5-11-20/h6-7,12H,4-5,8-11H2,1-3H3,(H,19,21)(H,22,23). The molecule has 1 aromatic rings. The van der Waals surface area contributed by atoms with Gasteiger partial charge in [-0.25, -0.2) is 8.42 Å². The average molecular weight is 398 g/mol. The highest BCUT2D eigenvalue weighted by atomic mass is 32.2. The van der Waals surface area contributed by atoms with Crippen molar-refractivity contribution in [2.75, 3.05) is 26.7 Å². The maximum atomic E-state index is 12.9. The van der Waals surface area contributed by atoms with Crippen molar-refractivity contribution in [1.29, 1.82) is 0 Å². The molecule has 0 aliphatic carbocycles. The molecule has 0 saturated carbocycles. The zero-order chi connectivity index (χ0) is 20.2. The Morgan fingerprint density at radius 2 is 1.89 bits per heavy atom. The van der Waals surface area contributed by atoms with E-state index in [4.69, 9.17) is 9.84 Å². The first kappa shape index (κ1) is 21.2. The number of benzene rings is 1. The normalized spacial score (nSPS) is 15.5. The Labute approximate surface area is 159 Å². The molecule has 8 nitrogen and oxygen atoms in total. The Balaban J connectivity index is 2.19. The molecule has 0 bridgehead atoms. The zero-order valence-electron chi connectivity index (χ0n) is 15.8. The summed E-state index contributed by atoms with van der Waals surface area (Å²) in [5, 5.41) is 11.8. The Kier molecular flexibility index (Phi) is 6.48. The van der Waals surface area contributed by atoms with Gasteiger partial charge in [-0.3, -0.25) is 9.59 Å². The third-order valence-electron chi connectivity index (χ3n) is 4.72. The summed E-state index contributed by atoms with van der Waals surface area (Å²) in [6.07, 6.45) is 1.87. The number of aliphatic carboxylic acids is 1. The summed E-state index contributed by atoms with van der Waals surface area (Å²) in [6, 6.07) is 4.25.